The number of aliphatic hydroxyl groups excluding tert-OH is 2. The third-order valence-electron chi connectivity index (χ3n) is 5.93. The number of sulfonamides is 1. The average molecular weight is 562 g/mol. The van der Waals surface area contributed by atoms with Crippen LogP contribution in [-0.4, -0.2) is 46.3 Å². The zero-order chi connectivity index (χ0) is 27.8. The fourth-order valence-electron chi connectivity index (χ4n) is 4.22. The van der Waals surface area contributed by atoms with Crippen molar-refractivity contribution in [2.24, 2.45) is 0 Å². The molecule has 0 aliphatic rings. The van der Waals surface area contributed by atoms with Gasteiger partial charge in [-0.25, -0.2) is 13.4 Å². The number of anilines is 1. The SMILES string of the molecule is Cc1cc([C@@H](C)Nc2ccc(Cl)nc2C(O)NS(C)(=O)=O)c2oc(-c3cnn(CCO)c3)c(C)c(=O)c2c1. The molecule has 1 aromatic carbocycles. The summed E-state index contributed by atoms with van der Waals surface area (Å²) in [6.07, 6.45) is 2.55. The van der Waals surface area contributed by atoms with Crippen molar-refractivity contribution >= 4 is 38.3 Å². The fourth-order valence-corrected chi connectivity index (χ4v) is 4.89. The Hall–Kier alpha value is -3.29. The van der Waals surface area contributed by atoms with Crippen molar-refractivity contribution in [2.45, 2.75) is 39.6 Å². The summed E-state index contributed by atoms with van der Waals surface area (Å²) in [6.45, 7) is 5.62. The monoisotopic (exact) mass is 561 g/mol. The number of fused-ring (bicyclic) bond motifs is 1. The molecule has 0 aliphatic heterocycles. The lowest BCUT2D eigenvalue weighted by molar-refractivity contribution is 0.162. The van der Waals surface area contributed by atoms with Gasteiger partial charge in [-0.2, -0.15) is 9.82 Å². The van der Waals surface area contributed by atoms with Crippen LogP contribution in [0.1, 0.15) is 41.6 Å². The van der Waals surface area contributed by atoms with Gasteiger partial charge in [0.15, 0.2) is 11.7 Å². The predicted octanol–water partition coefficient (Wildman–Crippen LogP) is 3.03. The van der Waals surface area contributed by atoms with Crippen molar-refractivity contribution in [1.29, 1.82) is 0 Å². The zero-order valence-corrected chi connectivity index (χ0v) is 22.8. The molecule has 0 aliphatic carbocycles. The van der Waals surface area contributed by atoms with Crippen molar-refractivity contribution in [3.8, 4) is 11.3 Å². The minimum Gasteiger partial charge on any atom is -0.455 e. The van der Waals surface area contributed by atoms with Gasteiger partial charge < -0.3 is 19.9 Å². The van der Waals surface area contributed by atoms with Gasteiger partial charge in [0.1, 0.15) is 22.2 Å². The first-order valence-corrected chi connectivity index (χ1v) is 13.9. The molecule has 202 valence electrons. The van der Waals surface area contributed by atoms with Gasteiger partial charge in [0, 0.05) is 17.3 Å². The molecular formula is C25H28ClN5O6S. The fraction of sp³-hybridized carbons (Fsp3) is 0.320. The maximum Gasteiger partial charge on any atom is 0.211 e. The van der Waals surface area contributed by atoms with Crippen LogP contribution in [0.3, 0.4) is 0 Å². The summed E-state index contributed by atoms with van der Waals surface area (Å²) in [7, 11) is -3.74. The van der Waals surface area contributed by atoms with Crippen LogP contribution in [0.25, 0.3) is 22.3 Å². The lowest BCUT2D eigenvalue weighted by Gasteiger charge is -2.22. The highest BCUT2D eigenvalue weighted by atomic mass is 35.5. The third kappa shape index (κ3) is 5.89. The first-order chi connectivity index (χ1) is 17.9. The highest BCUT2D eigenvalue weighted by Crippen LogP contribution is 2.33. The van der Waals surface area contributed by atoms with Gasteiger partial charge in [-0.3, -0.25) is 9.48 Å². The van der Waals surface area contributed by atoms with Crippen molar-refractivity contribution in [1.82, 2.24) is 19.5 Å². The van der Waals surface area contributed by atoms with Gasteiger partial charge in [-0.05, 0) is 44.5 Å². The van der Waals surface area contributed by atoms with E-state index in [1.807, 2.05) is 19.9 Å². The minimum absolute atomic E-state index is 0.0129. The van der Waals surface area contributed by atoms with E-state index in [0.717, 1.165) is 11.8 Å². The molecule has 2 atom stereocenters. The van der Waals surface area contributed by atoms with E-state index < -0.39 is 22.3 Å². The Kier molecular flexibility index (Phi) is 7.90. The van der Waals surface area contributed by atoms with Crippen molar-refractivity contribution in [3.63, 3.8) is 0 Å². The van der Waals surface area contributed by atoms with E-state index >= 15 is 0 Å². The molecule has 3 aromatic heterocycles. The Morgan fingerprint density at radius 1 is 1.24 bits per heavy atom. The predicted molar refractivity (Wildman–Crippen MR) is 144 cm³/mol. The summed E-state index contributed by atoms with van der Waals surface area (Å²) in [5.41, 5.74) is 3.03. The van der Waals surface area contributed by atoms with Gasteiger partial charge in [-0.1, -0.05) is 17.7 Å². The molecule has 0 saturated heterocycles. The minimum atomic E-state index is -3.74. The van der Waals surface area contributed by atoms with Crippen LogP contribution in [0.15, 0.2) is 45.9 Å². The first-order valence-electron chi connectivity index (χ1n) is 11.7. The lowest BCUT2D eigenvalue weighted by Crippen LogP contribution is -2.28. The van der Waals surface area contributed by atoms with Crippen LogP contribution in [-0.2, 0) is 16.6 Å². The Morgan fingerprint density at radius 2 is 1.97 bits per heavy atom. The van der Waals surface area contributed by atoms with Gasteiger partial charge in [0.2, 0.25) is 10.0 Å². The molecule has 38 heavy (non-hydrogen) atoms. The summed E-state index contributed by atoms with van der Waals surface area (Å²) in [5.74, 6) is 0.366. The molecule has 11 nitrogen and oxygen atoms in total. The topological polar surface area (TPSA) is 160 Å². The van der Waals surface area contributed by atoms with E-state index in [0.29, 0.717) is 45.7 Å². The number of halogens is 1. The number of benzene rings is 1. The molecular weight excluding hydrogens is 534 g/mol. The Balaban J connectivity index is 1.81. The lowest BCUT2D eigenvalue weighted by atomic mass is 9.99. The smallest absolute Gasteiger partial charge is 0.211 e. The van der Waals surface area contributed by atoms with Crippen molar-refractivity contribution in [2.75, 3.05) is 18.2 Å². The highest BCUT2D eigenvalue weighted by molar-refractivity contribution is 7.88. The third-order valence-corrected chi connectivity index (χ3v) is 6.79. The molecule has 0 amide bonds. The maximum atomic E-state index is 13.4. The summed E-state index contributed by atoms with van der Waals surface area (Å²) in [4.78, 5) is 17.5. The molecule has 0 spiro atoms. The standard InChI is InChI=1S/C25H28ClN5O6S/c1-13-9-17(15(3)28-19-5-6-20(26)29-21(19)25(34)30-38(4,35)36)24-18(10-13)22(33)14(2)23(37-24)16-11-27-31(12-16)7-8-32/h5-6,9-12,15,25,28,30,32,34H,7-8H2,1-4H3/t15-,25?/m1/s1. The molecule has 0 saturated carbocycles. The summed E-state index contributed by atoms with van der Waals surface area (Å²) in [6, 6.07) is 6.26. The molecule has 3 heterocycles. The van der Waals surface area contributed by atoms with E-state index in [-0.39, 0.29) is 22.9 Å². The van der Waals surface area contributed by atoms with Crippen LogP contribution < -0.4 is 15.5 Å². The summed E-state index contributed by atoms with van der Waals surface area (Å²) in [5, 5.41) is 27.6. The van der Waals surface area contributed by atoms with E-state index in [4.69, 9.17) is 16.0 Å². The van der Waals surface area contributed by atoms with Gasteiger partial charge >= 0.3 is 0 Å². The van der Waals surface area contributed by atoms with Crippen LogP contribution in [0, 0.1) is 13.8 Å². The number of pyridine rings is 1. The number of nitrogens with zero attached hydrogens (tertiary/aromatic N) is 3. The number of rotatable bonds is 9. The molecule has 0 bridgehead atoms. The Bertz CT molecular complexity index is 1670. The Morgan fingerprint density at radius 3 is 2.66 bits per heavy atom. The average Bonchev–Trinajstić information content (AvgIpc) is 3.29. The second-order valence-corrected chi connectivity index (χ2v) is 11.2. The number of hydrogen-bond donors (Lipinski definition) is 4. The molecule has 1 unspecified atom stereocenters. The first kappa shape index (κ1) is 27.7. The van der Waals surface area contributed by atoms with Gasteiger partial charge in [0.25, 0.3) is 0 Å². The molecule has 4 aromatic rings. The van der Waals surface area contributed by atoms with Crippen LogP contribution in [0.4, 0.5) is 5.69 Å². The second kappa shape index (κ2) is 10.8. The van der Waals surface area contributed by atoms with Crippen molar-refractivity contribution < 1.29 is 23.0 Å². The van der Waals surface area contributed by atoms with E-state index in [1.165, 1.54) is 6.07 Å². The highest BCUT2D eigenvalue weighted by Gasteiger charge is 2.23. The van der Waals surface area contributed by atoms with E-state index in [2.05, 4.69) is 20.1 Å². The number of aromatic nitrogens is 3. The molecule has 0 fully saturated rings. The summed E-state index contributed by atoms with van der Waals surface area (Å²) < 4.78 is 33.3. The zero-order valence-electron chi connectivity index (χ0n) is 21.2. The number of nitrogens with one attached hydrogen (secondary N) is 2. The van der Waals surface area contributed by atoms with E-state index in [9.17, 15) is 23.4 Å². The Labute approximate surface area is 224 Å². The van der Waals surface area contributed by atoms with Crippen LogP contribution in [0.2, 0.25) is 5.15 Å². The van der Waals surface area contributed by atoms with Gasteiger partial charge in [-0.15, -0.1) is 0 Å². The number of hydrogen-bond acceptors (Lipinski definition) is 9. The number of aliphatic hydroxyl groups is 2. The molecule has 4 rings (SSSR count). The molecule has 4 N–H and O–H groups in total. The van der Waals surface area contributed by atoms with Gasteiger partial charge in [0.05, 0.1) is 48.3 Å². The second-order valence-electron chi connectivity index (χ2n) is 9.06. The number of aryl methyl sites for hydroxylation is 1. The quantitative estimate of drug-likeness (QED) is 0.178. The maximum absolute atomic E-state index is 13.4. The molecule has 0 radical (unpaired) electrons. The van der Waals surface area contributed by atoms with Crippen molar-refractivity contribution in [3.05, 3.63) is 74.4 Å². The molecule has 13 heteroatoms. The van der Waals surface area contributed by atoms with Crippen LogP contribution in [0.5, 0.6) is 0 Å². The normalized spacial score (nSPS) is 13.6. The van der Waals surface area contributed by atoms with Crippen LogP contribution >= 0.6 is 11.6 Å². The van der Waals surface area contributed by atoms with E-state index in [1.54, 1.807) is 36.1 Å². The summed E-state index contributed by atoms with van der Waals surface area (Å²) >= 11 is 6.02. The largest absolute Gasteiger partial charge is 0.455 e.